The fourth-order valence-electron chi connectivity index (χ4n) is 1.55. The molecule has 1 heterocycles. The number of rotatable bonds is 6. The lowest BCUT2D eigenvalue weighted by molar-refractivity contribution is -0.121. The Labute approximate surface area is 111 Å². The molecule has 0 aromatic carbocycles. The molecule has 0 radical (unpaired) electrons. The van der Waals surface area contributed by atoms with Crippen molar-refractivity contribution in [3.05, 3.63) is 24.2 Å². The molecule has 0 aliphatic carbocycles. The standard InChI is InChI=1S/C12H19N3O4/c1-9(16)7-15(2)8-11(17)14-12(18)13-6-10-4-3-5-19-10/h3-5,9,16H,6-8H2,1-2H3,(H2,13,14,17,18). The van der Waals surface area contributed by atoms with Gasteiger partial charge in [0.05, 0.1) is 25.5 Å². The molecule has 106 valence electrons. The number of aliphatic hydroxyl groups excluding tert-OH is 1. The molecule has 7 nitrogen and oxygen atoms in total. The Morgan fingerprint density at radius 3 is 2.84 bits per heavy atom. The van der Waals surface area contributed by atoms with E-state index in [1.165, 1.54) is 6.26 Å². The van der Waals surface area contributed by atoms with Crippen molar-refractivity contribution < 1.29 is 19.1 Å². The summed E-state index contributed by atoms with van der Waals surface area (Å²) in [6.45, 7) is 2.25. The first-order valence-electron chi connectivity index (χ1n) is 5.94. The van der Waals surface area contributed by atoms with Gasteiger partial charge < -0.3 is 14.8 Å². The minimum atomic E-state index is -0.577. The molecule has 1 aromatic heterocycles. The zero-order valence-corrected chi connectivity index (χ0v) is 11.0. The van der Waals surface area contributed by atoms with E-state index in [4.69, 9.17) is 9.52 Å². The van der Waals surface area contributed by atoms with Crippen LogP contribution in [0.3, 0.4) is 0 Å². The van der Waals surface area contributed by atoms with E-state index in [0.717, 1.165) is 0 Å². The first-order valence-corrected chi connectivity index (χ1v) is 5.94. The molecule has 0 saturated heterocycles. The number of imide groups is 1. The average molecular weight is 269 g/mol. The molecule has 0 saturated carbocycles. The second-order valence-electron chi connectivity index (χ2n) is 4.36. The van der Waals surface area contributed by atoms with Crippen LogP contribution in [0, 0.1) is 0 Å². The van der Waals surface area contributed by atoms with Crippen LogP contribution in [0.4, 0.5) is 4.79 Å². The van der Waals surface area contributed by atoms with Crippen molar-refractivity contribution in [1.82, 2.24) is 15.5 Å². The maximum atomic E-state index is 11.5. The lowest BCUT2D eigenvalue weighted by Gasteiger charge is -2.17. The van der Waals surface area contributed by atoms with E-state index in [1.807, 2.05) is 0 Å². The number of aliphatic hydroxyl groups is 1. The molecule has 0 aliphatic heterocycles. The first kappa shape index (κ1) is 15.2. The third-order valence-electron chi connectivity index (χ3n) is 2.25. The van der Waals surface area contributed by atoms with Crippen molar-refractivity contribution in [2.75, 3.05) is 20.1 Å². The number of hydrogen-bond acceptors (Lipinski definition) is 5. The summed E-state index contributed by atoms with van der Waals surface area (Å²) < 4.78 is 5.03. The molecular weight excluding hydrogens is 250 g/mol. The van der Waals surface area contributed by atoms with Crippen LogP contribution >= 0.6 is 0 Å². The topological polar surface area (TPSA) is 94.8 Å². The molecule has 1 atom stereocenters. The number of amides is 3. The second-order valence-corrected chi connectivity index (χ2v) is 4.36. The van der Waals surface area contributed by atoms with Gasteiger partial charge in [0.15, 0.2) is 0 Å². The second kappa shape index (κ2) is 7.55. The van der Waals surface area contributed by atoms with Crippen molar-refractivity contribution in [2.45, 2.75) is 19.6 Å². The zero-order chi connectivity index (χ0) is 14.3. The minimum Gasteiger partial charge on any atom is -0.467 e. The van der Waals surface area contributed by atoms with Crippen LogP contribution in [0.5, 0.6) is 0 Å². The number of nitrogens with one attached hydrogen (secondary N) is 2. The van der Waals surface area contributed by atoms with Crippen LogP contribution in [-0.4, -0.2) is 48.2 Å². The summed E-state index contributed by atoms with van der Waals surface area (Å²) in [6, 6.07) is 2.86. The highest BCUT2D eigenvalue weighted by Crippen LogP contribution is 1.98. The van der Waals surface area contributed by atoms with Gasteiger partial charge in [0.1, 0.15) is 5.76 Å². The molecule has 1 aromatic rings. The maximum Gasteiger partial charge on any atom is 0.321 e. The predicted molar refractivity (Wildman–Crippen MR) is 68.3 cm³/mol. The Kier molecular flexibility index (Phi) is 6.04. The van der Waals surface area contributed by atoms with Gasteiger partial charge >= 0.3 is 6.03 Å². The van der Waals surface area contributed by atoms with Crippen LogP contribution in [-0.2, 0) is 11.3 Å². The van der Waals surface area contributed by atoms with E-state index in [0.29, 0.717) is 12.3 Å². The quantitative estimate of drug-likeness (QED) is 0.671. The van der Waals surface area contributed by atoms with E-state index in [-0.39, 0.29) is 13.1 Å². The fraction of sp³-hybridized carbons (Fsp3) is 0.500. The Morgan fingerprint density at radius 2 is 2.26 bits per heavy atom. The molecule has 0 fully saturated rings. The molecule has 1 rings (SSSR count). The molecule has 0 bridgehead atoms. The molecule has 0 aliphatic rings. The number of urea groups is 1. The Hall–Kier alpha value is -1.86. The lowest BCUT2D eigenvalue weighted by Crippen LogP contribution is -2.44. The summed E-state index contributed by atoms with van der Waals surface area (Å²) in [5.41, 5.74) is 0. The molecule has 19 heavy (non-hydrogen) atoms. The van der Waals surface area contributed by atoms with E-state index >= 15 is 0 Å². The lowest BCUT2D eigenvalue weighted by atomic mass is 10.3. The normalized spacial score (nSPS) is 12.2. The summed E-state index contributed by atoms with van der Waals surface area (Å²) in [5, 5.41) is 13.8. The van der Waals surface area contributed by atoms with Crippen molar-refractivity contribution in [3.63, 3.8) is 0 Å². The first-order chi connectivity index (χ1) is 8.97. The molecular formula is C12H19N3O4. The highest BCUT2D eigenvalue weighted by atomic mass is 16.3. The number of nitrogens with zero attached hydrogens (tertiary/aromatic N) is 1. The van der Waals surface area contributed by atoms with E-state index in [2.05, 4.69) is 10.6 Å². The van der Waals surface area contributed by atoms with E-state index in [1.54, 1.807) is 31.0 Å². The van der Waals surface area contributed by atoms with E-state index < -0.39 is 18.0 Å². The third-order valence-corrected chi connectivity index (χ3v) is 2.25. The number of carbonyl (C=O) groups excluding carboxylic acids is 2. The largest absolute Gasteiger partial charge is 0.467 e. The van der Waals surface area contributed by atoms with Gasteiger partial charge in [0, 0.05) is 6.54 Å². The van der Waals surface area contributed by atoms with Crippen LogP contribution in [0.25, 0.3) is 0 Å². The number of hydrogen-bond donors (Lipinski definition) is 3. The van der Waals surface area contributed by atoms with Gasteiger partial charge in [-0.25, -0.2) is 4.79 Å². The third kappa shape index (κ3) is 6.58. The SMILES string of the molecule is CC(O)CN(C)CC(=O)NC(=O)NCc1ccco1. The Balaban J connectivity index is 2.22. The zero-order valence-electron chi connectivity index (χ0n) is 11.0. The van der Waals surface area contributed by atoms with Gasteiger partial charge in [-0.2, -0.15) is 0 Å². The molecule has 0 spiro atoms. The minimum absolute atomic E-state index is 0.0407. The summed E-state index contributed by atoms with van der Waals surface area (Å²) in [5.74, 6) is 0.175. The van der Waals surface area contributed by atoms with Crippen LogP contribution in [0.15, 0.2) is 22.8 Å². The van der Waals surface area contributed by atoms with Crippen LogP contribution in [0.1, 0.15) is 12.7 Å². The van der Waals surface area contributed by atoms with Crippen molar-refractivity contribution in [1.29, 1.82) is 0 Å². The van der Waals surface area contributed by atoms with Gasteiger partial charge in [0.25, 0.3) is 0 Å². The van der Waals surface area contributed by atoms with Crippen LogP contribution in [0.2, 0.25) is 0 Å². The number of likely N-dealkylation sites (N-methyl/N-ethyl adjacent to an activating group) is 1. The van der Waals surface area contributed by atoms with Gasteiger partial charge in [-0.3, -0.25) is 15.0 Å². The van der Waals surface area contributed by atoms with Gasteiger partial charge in [-0.05, 0) is 26.1 Å². The summed E-state index contributed by atoms with van der Waals surface area (Å²) >= 11 is 0. The molecule has 1 unspecified atom stereocenters. The summed E-state index contributed by atoms with van der Waals surface area (Å²) in [7, 11) is 1.69. The van der Waals surface area contributed by atoms with Crippen molar-refractivity contribution >= 4 is 11.9 Å². The van der Waals surface area contributed by atoms with Gasteiger partial charge in [-0.1, -0.05) is 0 Å². The molecule has 3 amide bonds. The summed E-state index contributed by atoms with van der Waals surface area (Å²) in [6.07, 6.45) is 0.982. The van der Waals surface area contributed by atoms with Gasteiger partial charge in [0.2, 0.25) is 5.91 Å². The fourth-order valence-corrected chi connectivity index (χ4v) is 1.55. The summed E-state index contributed by atoms with van der Waals surface area (Å²) in [4.78, 5) is 24.5. The highest BCUT2D eigenvalue weighted by Gasteiger charge is 2.11. The monoisotopic (exact) mass is 269 g/mol. The van der Waals surface area contributed by atoms with Crippen molar-refractivity contribution in [2.24, 2.45) is 0 Å². The predicted octanol–water partition coefficient (Wildman–Crippen LogP) is -0.0820. The van der Waals surface area contributed by atoms with Crippen molar-refractivity contribution in [3.8, 4) is 0 Å². The molecule has 3 N–H and O–H groups in total. The Bertz CT molecular complexity index is 403. The smallest absolute Gasteiger partial charge is 0.321 e. The van der Waals surface area contributed by atoms with Crippen LogP contribution < -0.4 is 10.6 Å². The Morgan fingerprint density at radius 1 is 1.53 bits per heavy atom. The molecule has 7 heteroatoms. The highest BCUT2D eigenvalue weighted by molar-refractivity contribution is 5.95. The number of carbonyl (C=O) groups is 2. The van der Waals surface area contributed by atoms with E-state index in [9.17, 15) is 9.59 Å². The number of furan rings is 1. The van der Waals surface area contributed by atoms with Gasteiger partial charge in [-0.15, -0.1) is 0 Å². The maximum absolute atomic E-state index is 11.5. The average Bonchev–Trinajstić information content (AvgIpc) is 2.77.